The smallest absolute Gasteiger partial charge is 0.324 e. The molecule has 1 aliphatic heterocycles. The molecule has 2 aromatic heterocycles. The molecule has 170 valence electrons. The number of nitrogens with zero attached hydrogens (tertiary/aromatic N) is 6. The van der Waals surface area contributed by atoms with E-state index in [1.165, 1.54) is 10.9 Å². The quantitative estimate of drug-likeness (QED) is 0.572. The molecule has 0 spiro atoms. The highest BCUT2D eigenvalue weighted by Crippen LogP contribution is 2.38. The first-order valence-corrected chi connectivity index (χ1v) is 11.2. The van der Waals surface area contributed by atoms with Crippen molar-refractivity contribution >= 4 is 35.4 Å². The third kappa shape index (κ3) is 4.38. The molecular formula is C22H23ClN8O2. The first-order chi connectivity index (χ1) is 15.9. The van der Waals surface area contributed by atoms with E-state index in [0.29, 0.717) is 46.5 Å². The Kier molecular flexibility index (Phi) is 5.45. The zero-order chi connectivity index (χ0) is 23.1. The minimum absolute atomic E-state index is 0.0687. The van der Waals surface area contributed by atoms with Gasteiger partial charge in [-0.3, -0.25) is 14.3 Å². The van der Waals surface area contributed by atoms with Gasteiger partial charge in [0.25, 0.3) is 5.91 Å². The summed E-state index contributed by atoms with van der Waals surface area (Å²) in [6, 6.07) is 6.29. The Morgan fingerprint density at radius 2 is 1.97 bits per heavy atom. The maximum atomic E-state index is 12.7. The van der Waals surface area contributed by atoms with Gasteiger partial charge in [0.2, 0.25) is 11.9 Å². The number of imidazole rings is 1. The number of amides is 2. The predicted octanol–water partition coefficient (Wildman–Crippen LogP) is 3.20. The van der Waals surface area contributed by atoms with Crippen molar-refractivity contribution < 1.29 is 9.59 Å². The van der Waals surface area contributed by atoms with Crippen molar-refractivity contribution in [1.29, 1.82) is 0 Å². The summed E-state index contributed by atoms with van der Waals surface area (Å²) in [7, 11) is 0. The molecule has 1 saturated heterocycles. The van der Waals surface area contributed by atoms with Gasteiger partial charge in [0.05, 0.1) is 17.8 Å². The molecule has 1 aromatic carbocycles. The van der Waals surface area contributed by atoms with E-state index in [4.69, 9.17) is 11.6 Å². The average Bonchev–Trinajstić information content (AvgIpc) is 3.37. The van der Waals surface area contributed by atoms with Gasteiger partial charge in [0.1, 0.15) is 12.2 Å². The fourth-order valence-corrected chi connectivity index (χ4v) is 4.06. The number of rotatable bonds is 6. The van der Waals surface area contributed by atoms with E-state index in [1.807, 2.05) is 6.92 Å². The molecule has 3 heterocycles. The largest absolute Gasteiger partial charge is 0.346 e. The summed E-state index contributed by atoms with van der Waals surface area (Å²) >= 11 is 5.90. The summed E-state index contributed by atoms with van der Waals surface area (Å²) in [6.45, 7) is 4.26. The topological polar surface area (TPSA) is 118 Å². The van der Waals surface area contributed by atoms with Gasteiger partial charge in [-0.2, -0.15) is 15.0 Å². The highest BCUT2D eigenvalue weighted by atomic mass is 35.5. The Labute approximate surface area is 195 Å². The van der Waals surface area contributed by atoms with Crippen LogP contribution in [-0.4, -0.2) is 49.0 Å². The monoisotopic (exact) mass is 466 g/mol. The average molecular weight is 467 g/mol. The Balaban J connectivity index is 1.33. The zero-order valence-electron chi connectivity index (χ0n) is 18.2. The Morgan fingerprint density at radius 1 is 1.21 bits per heavy atom. The van der Waals surface area contributed by atoms with Crippen LogP contribution < -0.4 is 15.5 Å². The lowest BCUT2D eigenvalue weighted by Crippen LogP contribution is -2.37. The summed E-state index contributed by atoms with van der Waals surface area (Å²) in [5.74, 6) is 1.47. The van der Waals surface area contributed by atoms with Crippen LogP contribution in [0.15, 0.2) is 36.8 Å². The Morgan fingerprint density at radius 3 is 2.70 bits per heavy atom. The molecule has 3 aromatic rings. The van der Waals surface area contributed by atoms with Crippen LogP contribution in [0.1, 0.15) is 47.7 Å². The summed E-state index contributed by atoms with van der Waals surface area (Å²) in [6.07, 6.45) is 5.36. The highest BCUT2D eigenvalue weighted by Gasteiger charge is 2.43. The fourth-order valence-electron chi connectivity index (χ4n) is 3.94. The Bertz CT molecular complexity index is 1210. The van der Waals surface area contributed by atoms with E-state index in [1.54, 1.807) is 42.3 Å². The third-order valence-corrected chi connectivity index (χ3v) is 6.10. The molecular weight excluding hydrogens is 444 g/mol. The molecule has 0 bridgehead atoms. The summed E-state index contributed by atoms with van der Waals surface area (Å²) in [5, 5.41) is 6.67. The van der Waals surface area contributed by atoms with Crippen LogP contribution in [0.25, 0.3) is 0 Å². The van der Waals surface area contributed by atoms with Crippen LogP contribution in [-0.2, 0) is 0 Å². The number of urea groups is 1. The normalized spacial score (nSPS) is 18.8. The number of anilines is 2. The molecule has 2 amide bonds. The lowest BCUT2D eigenvalue weighted by molar-refractivity contribution is 0.0959. The molecule has 10 nitrogen and oxygen atoms in total. The molecule has 1 aliphatic carbocycles. The third-order valence-electron chi connectivity index (χ3n) is 5.85. The van der Waals surface area contributed by atoms with Crippen LogP contribution in [0, 0.1) is 12.8 Å². The van der Waals surface area contributed by atoms with Crippen LogP contribution in [0.4, 0.5) is 16.7 Å². The fraction of sp³-hybridized carbons (Fsp3) is 0.364. The molecule has 0 radical (unpaired) electrons. The van der Waals surface area contributed by atoms with Gasteiger partial charge >= 0.3 is 6.03 Å². The van der Waals surface area contributed by atoms with E-state index >= 15 is 0 Å². The number of hydrogen-bond donors (Lipinski definition) is 2. The second-order valence-electron chi connectivity index (χ2n) is 8.35. The number of benzene rings is 1. The maximum absolute atomic E-state index is 12.7. The van der Waals surface area contributed by atoms with Crippen LogP contribution in [0.2, 0.25) is 5.02 Å². The number of nitrogens with one attached hydrogen (secondary N) is 2. The minimum Gasteiger partial charge on any atom is -0.346 e. The van der Waals surface area contributed by atoms with Crippen molar-refractivity contribution in [3.05, 3.63) is 58.9 Å². The van der Waals surface area contributed by atoms with E-state index in [9.17, 15) is 9.59 Å². The number of aryl methyl sites for hydroxylation is 1. The molecule has 2 fully saturated rings. The number of hydrogen-bond acceptors (Lipinski definition) is 7. The minimum atomic E-state index is -0.287. The lowest BCUT2D eigenvalue weighted by Gasteiger charge is -2.21. The van der Waals surface area contributed by atoms with Crippen molar-refractivity contribution in [3.63, 3.8) is 0 Å². The highest BCUT2D eigenvalue weighted by molar-refractivity contribution is 6.30. The molecule has 2 atom stereocenters. The number of carbonyl (C=O) groups is 2. The molecule has 2 aliphatic rings. The van der Waals surface area contributed by atoms with Crippen LogP contribution in [0.3, 0.4) is 0 Å². The molecule has 1 saturated carbocycles. The van der Waals surface area contributed by atoms with Crippen molar-refractivity contribution in [1.82, 2.24) is 29.8 Å². The van der Waals surface area contributed by atoms with Crippen molar-refractivity contribution in [3.8, 4) is 0 Å². The second-order valence-corrected chi connectivity index (χ2v) is 8.79. The number of halogens is 1. The van der Waals surface area contributed by atoms with Crippen LogP contribution >= 0.6 is 11.6 Å². The standard InChI is InChI=1S/C22H23ClN8O2/c1-12(17-10-30(11-25-17)19(32)15-5-7-16(23)8-6-15)26-20-27-13(2)28-21(29-20)31-18(14-3-4-14)9-24-22(31)33/h5-8,10-12,14,18H,3-4,9H2,1-2H3,(H,24,33)(H,26,27,28,29)/t12-,18?/m0/s1. The molecule has 1 unspecified atom stereocenters. The first-order valence-electron chi connectivity index (χ1n) is 10.8. The number of aromatic nitrogens is 5. The van der Waals surface area contributed by atoms with Crippen molar-refractivity contribution in [2.45, 2.75) is 38.8 Å². The number of carbonyl (C=O) groups excluding carboxylic acids is 2. The summed E-state index contributed by atoms with van der Waals surface area (Å²) in [4.78, 5) is 44.4. The van der Waals surface area contributed by atoms with E-state index in [-0.39, 0.29) is 24.0 Å². The molecule has 2 N–H and O–H groups in total. The second kappa shape index (κ2) is 8.43. The predicted molar refractivity (Wildman–Crippen MR) is 122 cm³/mol. The van der Waals surface area contributed by atoms with E-state index < -0.39 is 0 Å². The maximum Gasteiger partial charge on any atom is 0.324 e. The van der Waals surface area contributed by atoms with Gasteiger partial charge in [0, 0.05) is 23.3 Å². The Hall–Kier alpha value is -3.53. The SMILES string of the molecule is Cc1nc(N[C@@H](C)c2cn(C(=O)c3ccc(Cl)cc3)cn2)nc(N2C(=O)NCC2C2CC2)n1. The summed E-state index contributed by atoms with van der Waals surface area (Å²) in [5.41, 5.74) is 1.16. The van der Waals surface area contributed by atoms with Crippen molar-refractivity contribution in [2.75, 3.05) is 16.8 Å². The van der Waals surface area contributed by atoms with E-state index in [0.717, 1.165) is 12.8 Å². The van der Waals surface area contributed by atoms with Crippen molar-refractivity contribution in [2.24, 2.45) is 5.92 Å². The molecule has 11 heteroatoms. The van der Waals surface area contributed by atoms with Gasteiger partial charge in [-0.15, -0.1) is 0 Å². The van der Waals surface area contributed by atoms with Gasteiger partial charge in [0.15, 0.2) is 0 Å². The van der Waals surface area contributed by atoms with Gasteiger partial charge in [-0.05, 0) is 56.9 Å². The van der Waals surface area contributed by atoms with Gasteiger partial charge < -0.3 is 10.6 Å². The van der Waals surface area contributed by atoms with Gasteiger partial charge in [-0.1, -0.05) is 11.6 Å². The zero-order valence-corrected chi connectivity index (χ0v) is 19.0. The summed E-state index contributed by atoms with van der Waals surface area (Å²) < 4.78 is 1.43. The lowest BCUT2D eigenvalue weighted by atomic mass is 10.2. The first kappa shape index (κ1) is 21.3. The molecule has 5 rings (SSSR count). The molecule has 33 heavy (non-hydrogen) atoms. The van der Waals surface area contributed by atoms with E-state index in [2.05, 4.69) is 30.6 Å². The van der Waals surface area contributed by atoms with Gasteiger partial charge in [-0.25, -0.2) is 9.78 Å². The van der Waals surface area contributed by atoms with Crippen LogP contribution in [0.5, 0.6) is 0 Å².